The summed E-state index contributed by atoms with van der Waals surface area (Å²) >= 11 is 1.28. The molecule has 0 bridgehead atoms. The average Bonchev–Trinajstić information content (AvgIpc) is 3.09. The molecule has 1 aromatic rings. The van der Waals surface area contributed by atoms with E-state index < -0.39 is 10.0 Å². The van der Waals surface area contributed by atoms with E-state index in [1.807, 2.05) is 0 Å². The van der Waals surface area contributed by atoms with E-state index in [2.05, 4.69) is 18.7 Å². The van der Waals surface area contributed by atoms with Crippen molar-refractivity contribution in [1.82, 2.24) is 9.21 Å². The number of nitrogens with zero attached hydrogens (tertiary/aromatic N) is 2. The van der Waals surface area contributed by atoms with Crippen LogP contribution >= 0.6 is 11.3 Å². The summed E-state index contributed by atoms with van der Waals surface area (Å²) in [7, 11) is -3.34. The molecule has 0 amide bonds. The van der Waals surface area contributed by atoms with Gasteiger partial charge < -0.3 is 5.73 Å². The maximum Gasteiger partial charge on any atom is 0.252 e. The summed E-state index contributed by atoms with van der Waals surface area (Å²) in [6, 6.07) is 3.82. The number of thiophene rings is 1. The largest absolute Gasteiger partial charge is 0.326 e. The third kappa shape index (κ3) is 3.07. The van der Waals surface area contributed by atoms with E-state index in [4.69, 9.17) is 5.73 Å². The van der Waals surface area contributed by atoms with Crippen molar-refractivity contribution in [1.29, 1.82) is 0 Å². The van der Waals surface area contributed by atoms with Crippen molar-refractivity contribution in [3.8, 4) is 0 Å². The topological polar surface area (TPSA) is 66.6 Å². The van der Waals surface area contributed by atoms with Crippen molar-refractivity contribution in [3.63, 3.8) is 0 Å². The highest BCUT2D eigenvalue weighted by molar-refractivity contribution is 7.91. The predicted molar refractivity (Wildman–Crippen MR) is 82.3 cm³/mol. The second-order valence-corrected chi connectivity index (χ2v) is 8.28. The highest BCUT2D eigenvalue weighted by Gasteiger charge is 2.35. The fourth-order valence-corrected chi connectivity index (χ4v) is 5.58. The van der Waals surface area contributed by atoms with E-state index >= 15 is 0 Å². The molecule has 1 saturated heterocycles. The van der Waals surface area contributed by atoms with Gasteiger partial charge in [-0.3, -0.25) is 4.90 Å². The van der Waals surface area contributed by atoms with Crippen molar-refractivity contribution in [3.05, 3.63) is 17.0 Å². The smallest absolute Gasteiger partial charge is 0.252 e. The zero-order valence-electron chi connectivity index (χ0n) is 12.1. The first kappa shape index (κ1) is 15.9. The van der Waals surface area contributed by atoms with Gasteiger partial charge >= 0.3 is 0 Å². The predicted octanol–water partition coefficient (Wildman–Crippen LogP) is 1.31. The summed E-state index contributed by atoms with van der Waals surface area (Å²) in [4.78, 5) is 3.23. The molecule has 2 rings (SSSR count). The summed E-state index contributed by atoms with van der Waals surface area (Å²) in [5, 5.41) is 0. The van der Waals surface area contributed by atoms with E-state index in [1.54, 1.807) is 16.4 Å². The highest BCUT2D eigenvalue weighted by atomic mass is 32.2. The molecule has 0 aromatic carbocycles. The van der Waals surface area contributed by atoms with Gasteiger partial charge in [0.2, 0.25) is 0 Å². The molecule has 1 atom stereocenters. The second-order valence-electron chi connectivity index (χ2n) is 4.95. The number of sulfonamides is 1. The highest BCUT2D eigenvalue weighted by Crippen LogP contribution is 2.28. The van der Waals surface area contributed by atoms with Crippen LogP contribution < -0.4 is 5.73 Å². The zero-order chi connectivity index (χ0) is 14.8. The fraction of sp³-hybridized carbons (Fsp3) is 0.692. The van der Waals surface area contributed by atoms with Crippen LogP contribution in [0, 0.1) is 0 Å². The maximum atomic E-state index is 12.6. The van der Waals surface area contributed by atoms with Gasteiger partial charge in [-0.15, -0.1) is 11.3 Å². The molecule has 20 heavy (non-hydrogen) atoms. The first-order valence-electron chi connectivity index (χ1n) is 7.05. The van der Waals surface area contributed by atoms with Crippen LogP contribution in [0.1, 0.15) is 25.1 Å². The lowest BCUT2D eigenvalue weighted by Crippen LogP contribution is -2.38. The van der Waals surface area contributed by atoms with Gasteiger partial charge in [-0.1, -0.05) is 13.8 Å². The van der Waals surface area contributed by atoms with Crippen molar-refractivity contribution in [2.24, 2.45) is 5.73 Å². The molecule has 1 fully saturated rings. The maximum absolute atomic E-state index is 12.6. The van der Waals surface area contributed by atoms with Gasteiger partial charge in [-0.25, -0.2) is 8.42 Å². The van der Waals surface area contributed by atoms with E-state index in [-0.39, 0.29) is 0 Å². The monoisotopic (exact) mass is 317 g/mol. The van der Waals surface area contributed by atoms with Crippen LogP contribution in [-0.4, -0.2) is 49.8 Å². The average molecular weight is 317 g/mol. The number of hydrogen-bond acceptors (Lipinski definition) is 5. The molecule has 1 aromatic heterocycles. The molecular weight excluding hydrogens is 294 g/mol. The van der Waals surface area contributed by atoms with Crippen LogP contribution in [0.3, 0.4) is 0 Å². The SMILES string of the molecule is CCN(CC)C1CCN(S(=O)(=O)c2ccc(CN)s2)C1. The van der Waals surface area contributed by atoms with Crippen molar-refractivity contribution in [2.45, 2.75) is 37.1 Å². The first-order valence-corrected chi connectivity index (χ1v) is 9.31. The van der Waals surface area contributed by atoms with Gasteiger partial charge in [0.05, 0.1) is 0 Å². The van der Waals surface area contributed by atoms with Crippen molar-refractivity contribution >= 4 is 21.4 Å². The number of nitrogens with two attached hydrogens (primary N) is 1. The Labute approximate surface area is 125 Å². The molecule has 7 heteroatoms. The van der Waals surface area contributed by atoms with Crippen LogP contribution in [0.5, 0.6) is 0 Å². The minimum Gasteiger partial charge on any atom is -0.326 e. The van der Waals surface area contributed by atoms with Crippen LogP contribution in [0.15, 0.2) is 16.3 Å². The molecule has 0 radical (unpaired) electrons. The summed E-state index contributed by atoms with van der Waals surface area (Å²) in [5.41, 5.74) is 5.55. The van der Waals surface area contributed by atoms with Crippen molar-refractivity contribution in [2.75, 3.05) is 26.2 Å². The van der Waals surface area contributed by atoms with Crippen LogP contribution in [0.4, 0.5) is 0 Å². The van der Waals surface area contributed by atoms with Crippen LogP contribution in [0.25, 0.3) is 0 Å². The van der Waals surface area contributed by atoms with Gasteiger partial charge in [-0.05, 0) is 31.6 Å². The van der Waals surface area contributed by atoms with Crippen molar-refractivity contribution < 1.29 is 8.42 Å². The molecule has 2 N–H and O–H groups in total. The Morgan fingerprint density at radius 3 is 2.65 bits per heavy atom. The lowest BCUT2D eigenvalue weighted by molar-refractivity contribution is 0.225. The lowest BCUT2D eigenvalue weighted by Gasteiger charge is -2.25. The van der Waals surface area contributed by atoms with E-state index in [9.17, 15) is 8.42 Å². The second kappa shape index (κ2) is 6.53. The molecular formula is C13H23N3O2S2. The fourth-order valence-electron chi connectivity index (χ4n) is 2.70. The third-order valence-electron chi connectivity index (χ3n) is 3.89. The van der Waals surface area contributed by atoms with E-state index in [0.29, 0.717) is 29.9 Å². The van der Waals surface area contributed by atoms with Gasteiger partial charge in [-0.2, -0.15) is 4.31 Å². The Morgan fingerprint density at radius 1 is 1.40 bits per heavy atom. The van der Waals surface area contributed by atoms with Gasteiger partial charge in [0.15, 0.2) is 0 Å². The molecule has 0 saturated carbocycles. The molecule has 5 nitrogen and oxygen atoms in total. The van der Waals surface area contributed by atoms with Crippen LogP contribution in [0.2, 0.25) is 0 Å². The summed E-state index contributed by atoms with van der Waals surface area (Å²) in [6.45, 7) is 7.76. The van der Waals surface area contributed by atoms with Gasteiger partial charge in [0.1, 0.15) is 4.21 Å². The normalized spacial score (nSPS) is 20.9. The lowest BCUT2D eigenvalue weighted by atomic mass is 10.2. The van der Waals surface area contributed by atoms with E-state index in [0.717, 1.165) is 24.4 Å². The third-order valence-corrected chi connectivity index (χ3v) is 7.33. The molecule has 0 aliphatic carbocycles. The molecule has 1 unspecified atom stereocenters. The minimum absolute atomic E-state index is 0.341. The zero-order valence-corrected chi connectivity index (χ0v) is 13.7. The standard InChI is InChI=1S/C13H23N3O2S2/c1-3-15(4-2)11-7-8-16(10-11)20(17,18)13-6-5-12(9-14)19-13/h5-6,11H,3-4,7-10,14H2,1-2H3. The number of rotatable bonds is 6. The number of likely N-dealkylation sites (N-methyl/N-ethyl adjacent to an activating group) is 1. The Bertz CT molecular complexity index is 538. The molecule has 1 aliphatic rings. The Kier molecular flexibility index (Phi) is 5.19. The summed E-state index contributed by atoms with van der Waals surface area (Å²) in [5.74, 6) is 0. The summed E-state index contributed by atoms with van der Waals surface area (Å²) < 4.78 is 27.2. The minimum atomic E-state index is -3.34. The Hall–Kier alpha value is -0.470. The van der Waals surface area contributed by atoms with E-state index in [1.165, 1.54) is 11.3 Å². The molecule has 114 valence electrons. The molecule has 2 heterocycles. The molecule has 0 spiro atoms. The molecule has 1 aliphatic heterocycles. The van der Waals surface area contributed by atoms with Gasteiger partial charge in [0, 0.05) is 30.6 Å². The Balaban J connectivity index is 2.12. The summed E-state index contributed by atoms with van der Waals surface area (Å²) in [6.07, 6.45) is 0.913. The first-order chi connectivity index (χ1) is 9.52. The Morgan fingerprint density at radius 2 is 2.10 bits per heavy atom. The number of hydrogen-bond donors (Lipinski definition) is 1. The van der Waals surface area contributed by atoms with Gasteiger partial charge in [0.25, 0.3) is 10.0 Å². The van der Waals surface area contributed by atoms with Crippen LogP contribution in [-0.2, 0) is 16.6 Å². The quantitative estimate of drug-likeness (QED) is 0.859.